The highest BCUT2D eigenvalue weighted by atomic mass is 16.1. The van der Waals surface area contributed by atoms with Crippen molar-refractivity contribution in [3.05, 3.63) is 96.2 Å². The third-order valence-corrected chi connectivity index (χ3v) is 6.06. The van der Waals surface area contributed by atoms with Crippen molar-refractivity contribution in [3.8, 4) is 16.8 Å². The minimum Gasteiger partial charge on any atom is -0.344 e. The number of aromatic nitrogens is 6. The van der Waals surface area contributed by atoms with Crippen LogP contribution in [0.1, 0.15) is 60.2 Å². The number of nitrogens with zero attached hydrogens (tertiary/aromatic N) is 6. The van der Waals surface area contributed by atoms with Crippen molar-refractivity contribution in [3.63, 3.8) is 0 Å². The number of imidazole rings is 1. The lowest BCUT2D eigenvalue weighted by atomic mass is 10.00. The molecule has 1 amide bonds. The molecule has 3 aromatic heterocycles. The van der Waals surface area contributed by atoms with E-state index in [4.69, 9.17) is 4.98 Å². The average Bonchev–Trinajstić information content (AvgIpc) is 3.29. The molecule has 1 N–H and O–H groups in total. The first kappa shape index (κ1) is 23.3. The summed E-state index contributed by atoms with van der Waals surface area (Å²) in [4.78, 5) is 35.3. The SMILES string of the molecule is Cc1ccc(-c2cc(C(=O)NC(C)c3cnccn3)cc(-n3c(C(C)C)nc4cncnc43)c2)cc1. The van der Waals surface area contributed by atoms with Gasteiger partial charge in [-0.2, -0.15) is 0 Å². The minimum absolute atomic E-state index is 0.135. The van der Waals surface area contributed by atoms with Gasteiger partial charge >= 0.3 is 0 Å². The molecule has 36 heavy (non-hydrogen) atoms. The fraction of sp³-hybridized carbons (Fsp3) is 0.214. The van der Waals surface area contributed by atoms with E-state index in [0.717, 1.165) is 22.6 Å². The van der Waals surface area contributed by atoms with Crippen LogP contribution in [0.25, 0.3) is 28.0 Å². The fourth-order valence-corrected chi connectivity index (χ4v) is 4.16. The Hall–Kier alpha value is -4.46. The van der Waals surface area contributed by atoms with Gasteiger partial charge in [0.25, 0.3) is 5.91 Å². The van der Waals surface area contributed by atoms with Crippen LogP contribution in [0.3, 0.4) is 0 Å². The van der Waals surface area contributed by atoms with Gasteiger partial charge in [-0.05, 0) is 43.2 Å². The highest BCUT2D eigenvalue weighted by Crippen LogP contribution is 2.30. The predicted octanol–water partition coefficient (Wildman–Crippen LogP) is 5.20. The topological polar surface area (TPSA) is 98.5 Å². The Morgan fingerprint density at radius 2 is 1.72 bits per heavy atom. The van der Waals surface area contributed by atoms with Gasteiger partial charge in [0.1, 0.15) is 17.7 Å². The summed E-state index contributed by atoms with van der Waals surface area (Å²) in [6.07, 6.45) is 8.12. The van der Waals surface area contributed by atoms with Gasteiger partial charge in [0.05, 0.1) is 29.8 Å². The molecule has 0 saturated heterocycles. The molecule has 1 atom stereocenters. The van der Waals surface area contributed by atoms with Crippen molar-refractivity contribution in [1.29, 1.82) is 0 Å². The van der Waals surface area contributed by atoms with Gasteiger partial charge in [0.2, 0.25) is 0 Å². The zero-order valence-electron chi connectivity index (χ0n) is 20.7. The van der Waals surface area contributed by atoms with Crippen LogP contribution in [0.15, 0.2) is 73.6 Å². The summed E-state index contributed by atoms with van der Waals surface area (Å²) in [5.74, 6) is 0.788. The molecule has 180 valence electrons. The molecular formula is C28H27N7O. The molecule has 0 bridgehead atoms. The van der Waals surface area contributed by atoms with E-state index in [1.807, 2.05) is 23.6 Å². The van der Waals surface area contributed by atoms with Gasteiger partial charge in [0.15, 0.2) is 5.65 Å². The lowest BCUT2D eigenvalue weighted by Crippen LogP contribution is -2.27. The van der Waals surface area contributed by atoms with Gasteiger partial charge in [-0.15, -0.1) is 0 Å². The van der Waals surface area contributed by atoms with Gasteiger partial charge in [-0.3, -0.25) is 19.3 Å². The first-order valence-corrected chi connectivity index (χ1v) is 11.9. The number of rotatable bonds is 6. The monoisotopic (exact) mass is 477 g/mol. The Kier molecular flexibility index (Phi) is 6.25. The zero-order chi connectivity index (χ0) is 25.2. The van der Waals surface area contributed by atoms with Crippen LogP contribution in [0.2, 0.25) is 0 Å². The Morgan fingerprint density at radius 3 is 2.44 bits per heavy atom. The Balaban J connectivity index is 1.65. The molecule has 0 saturated carbocycles. The van der Waals surface area contributed by atoms with Crippen LogP contribution in [0.5, 0.6) is 0 Å². The smallest absolute Gasteiger partial charge is 0.251 e. The van der Waals surface area contributed by atoms with Gasteiger partial charge in [0, 0.05) is 23.9 Å². The van der Waals surface area contributed by atoms with Crippen molar-refractivity contribution in [2.45, 2.75) is 39.7 Å². The van der Waals surface area contributed by atoms with Crippen molar-refractivity contribution in [2.24, 2.45) is 0 Å². The van der Waals surface area contributed by atoms with Crippen LogP contribution in [-0.2, 0) is 0 Å². The van der Waals surface area contributed by atoms with Crippen molar-refractivity contribution in [1.82, 2.24) is 34.8 Å². The lowest BCUT2D eigenvalue weighted by Gasteiger charge is -2.17. The van der Waals surface area contributed by atoms with E-state index in [9.17, 15) is 4.79 Å². The molecule has 5 rings (SSSR count). The number of hydrogen-bond donors (Lipinski definition) is 1. The highest BCUT2D eigenvalue weighted by Gasteiger charge is 2.20. The second-order valence-corrected chi connectivity index (χ2v) is 9.15. The molecule has 0 fully saturated rings. The minimum atomic E-state index is -0.300. The molecule has 2 aromatic carbocycles. The van der Waals surface area contributed by atoms with Gasteiger partial charge in [-0.25, -0.2) is 15.0 Å². The molecule has 0 radical (unpaired) electrons. The van der Waals surface area contributed by atoms with Crippen molar-refractivity contribution < 1.29 is 4.79 Å². The van der Waals surface area contributed by atoms with Crippen LogP contribution in [-0.4, -0.2) is 35.4 Å². The summed E-state index contributed by atoms with van der Waals surface area (Å²) in [5, 5.41) is 3.06. The second-order valence-electron chi connectivity index (χ2n) is 9.15. The van der Waals surface area contributed by atoms with E-state index in [0.29, 0.717) is 22.4 Å². The molecule has 8 heteroatoms. The number of nitrogens with one attached hydrogen (secondary N) is 1. The Bertz CT molecular complexity index is 1530. The number of carbonyl (C=O) groups is 1. The summed E-state index contributed by atoms with van der Waals surface area (Å²) < 4.78 is 2.02. The predicted molar refractivity (Wildman–Crippen MR) is 139 cm³/mol. The maximum absolute atomic E-state index is 13.5. The molecule has 1 unspecified atom stereocenters. The standard InChI is InChI=1S/C28H27N7O/c1-17(2)26-34-25-15-30-16-32-27(25)35(26)23-12-21(20-7-5-18(3)6-8-20)11-22(13-23)28(36)33-19(4)24-14-29-9-10-31-24/h5-17,19H,1-4H3,(H,33,36). The normalized spacial score (nSPS) is 12.1. The van der Waals surface area contributed by atoms with Crippen molar-refractivity contribution >= 4 is 17.1 Å². The number of carbonyl (C=O) groups excluding carboxylic acids is 1. The largest absolute Gasteiger partial charge is 0.344 e. The summed E-state index contributed by atoms with van der Waals surface area (Å²) >= 11 is 0. The Labute approximate surface area is 209 Å². The van der Waals surface area contributed by atoms with Crippen LogP contribution >= 0.6 is 0 Å². The number of amides is 1. The third-order valence-electron chi connectivity index (χ3n) is 6.06. The molecule has 0 aliphatic rings. The van der Waals surface area contributed by atoms with E-state index >= 15 is 0 Å². The van der Waals surface area contributed by atoms with E-state index in [1.54, 1.807) is 24.8 Å². The molecule has 3 heterocycles. The first-order valence-electron chi connectivity index (χ1n) is 11.9. The molecular weight excluding hydrogens is 450 g/mol. The summed E-state index contributed by atoms with van der Waals surface area (Å²) in [6, 6.07) is 13.8. The maximum Gasteiger partial charge on any atom is 0.251 e. The molecule has 0 aliphatic heterocycles. The van der Waals surface area contributed by atoms with E-state index in [2.05, 4.69) is 76.4 Å². The number of fused-ring (bicyclic) bond motifs is 1. The number of benzene rings is 2. The van der Waals surface area contributed by atoms with Crippen LogP contribution in [0, 0.1) is 6.92 Å². The lowest BCUT2D eigenvalue weighted by molar-refractivity contribution is 0.0939. The third kappa shape index (κ3) is 4.57. The van der Waals surface area contributed by atoms with E-state index in [-0.39, 0.29) is 17.9 Å². The van der Waals surface area contributed by atoms with E-state index < -0.39 is 0 Å². The maximum atomic E-state index is 13.5. The highest BCUT2D eigenvalue weighted by molar-refractivity contribution is 5.96. The first-order chi connectivity index (χ1) is 17.4. The number of aryl methyl sites for hydroxylation is 1. The molecule has 0 spiro atoms. The molecule has 0 aliphatic carbocycles. The number of hydrogen-bond acceptors (Lipinski definition) is 6. The molecule has 8 nitrogen and oxygen atoms in total. The summed E-state index contributed by atoms with van der Waals surface area (Å²) in [6.45, 7) is 8.12. The molecule has 5 aromatic rings. The Morgan fingerprint density at radius 1 is 0.917 bits per heavy atom. The van der Waals surface area contributed by atoms with Crippen LogP contribution in [0.4, 0.5) is 0 Å². The van der Waals surface area contributed by atoms with Gasteiger partial charge in [-0.1, -0.05) is 43.7 Å². The zero-order valence-corrected chi connectivity index (χ0v) is 20.7. The quantitative estimate of drug-likeness (QED) is 0.361. The summed E-state index contributed by atoms with van der Waals surface area (Å²) in [5.41, 5.74) is 6.57. The van der Waals surface area contributed by atoms with Crippen molar-refractivity contribution in [2.75, 3.05) is 0 Å². The fourth-order valence-electron chi connectivity index (χ4n) is 4.16. The van der Waals surface area contributed by atoms with Gasteiger partial charge < -0.3 is 5.32 Å². The summed E-state index contributed by atoms with van der Waals surface area (Å²) in [7, 11) is 0. The average molecular weight is 478 g/mol. The van der Waals surface area contributed by atoms with Crippen LogP contribution < -0.4 is 5.32 Å². The second kappa shape index (κ2) is 9.65. The van der Waals surface area contributed by atoms with E-state index in [1.165, 1.54) is 11.9 Å².